The van der Waals surface area contributed by atoms with E-state index < -0.39 is 63.0 Å². The molecule has 3 fully saturated rings. The van der Waals surface area contributed by atoms with Crippen molar-refractivity contribution in [3.8, 4) is 0 Å². The number of carbonyl (C=O) groups excluding carboxylic acids is 1. The molecule has 1 unspecified atom stereocenters. The van der Waals surface area contributed by atoms with Crippen molar-refractivity contribution in [1.29, 1.82) is 0 Å². The van der Waals surface area contributed by atoms with E-state index in [0.29, 0.717) is 12.0 Å². The summed E-state index contributed by atoms with van der Waals surface area (Å²) in [6.07, 6.45) is 0.112. The molecule has 2 aromatic carbocycles. The van der Waals surface area contributed by atoms with Crippen LogP contribution in [0.4, 0.5) is 5.82 Å². The predicted octanol–water partition coefficient (Wildman–Crippen LogP) is 6.02. The van der Waals surface area contributed by atoms with Crippen molar-refractivity contribution in [2.45, 2.75) is 107 Å². The van der Waals surface area contributed by atoms with Gasteiger partial charge in [-0.3, -0.25) is 4.79 Å². The molecule has 0 spiro atoms. The highest BCUT2D eigenvalue weighted by atomic mass is 32.2. The number of fused-ring (bicyclic) bond motifs is 2. The zero-order chi connectivity index (χ0) is 37.7. The van der Waals surface area contributed by atoms with Gasteiger partial charge < -0.3 is 28.5 Å². The average Bonchev–Trinajstić information content (AvgIpc) is 3.89. The minimum Gasteiger partial charge on any atom is -0.407 e. The molecule has 284 valence electrons. The molecule has 14 nitrogen and oxygen atoms in total. The van der Waals surface area contributed by atoms with Gasteiger partial charge >= 0.3 is 5.69 Å². The van der Waals surface area contributed by atoms with Crippen molar-refractivity contribution in [3.63, 3.8) is 0 Å². The molecule has 3 aliphatic rings. The second-order valence-electron chi connectivity index (χ2n) is 15.3. The molecule has 0 bridgehead atoms. The molecule has 53 heavy (non-hydrogen) atoms. The van der Waals surface area contributed by atoms with Gasteiger partial charge in [-0.25, -0.2) is 32.4 Å². The third-order valence-corrected chi connectivity index (χ3v) is 18.8. The van der Waals surface area contributed by atoms with Crippen LogP contribution < -0.4 is 11.0 Å². The molecule has 5 heterocycles. The Morgan fingerprint density at radius 1 is 1.06 bits per heavy atom. The van der Waals surface area contributed by atoms with Gasteiger partial charge in [-0.1, -0.05) is 64.1 Å². The molecular formula is C36H47N6O8PSSi. The fraction of sp³-hybridized carbons (Fsp3) is 0.500. The first-order chi connectivity index (χ1) is 25.2. The maximum atomic E-state index is 13.9. The number of rotatable bonds is 11. The van der Waals surface area contributed by atoms with Crippen LogP contribution in [0.25, 0.3) is 11.2 Å². The van der Waals surface area contributed by atoms with Crippen LogP contribution in [0.5, 0.6) is 0 Å². The molecule has 2 N–H and O–H groups in total. The van der Waals surface area contributed by atoms with Gasteiger partial charge in [0.2, 0.25) is 0 Å². The summed E-state index contributed by atoms with van der Waals surface area (Å²) in [7, 11) is -7.83. The monoisotopic (exact) mass is 782 g/mol. The fourth-order valence-electron chi connectivity index (χ4n) is 6.93. The second kappa shape index (κ2) is 14.7. The van der Waals surface area contributed by atoms with Crippen LogP contribution in [0.1, 0.15) is 63.5 Å². The number of aromatic amines is 1. The molecule has 7 rings (SSSR count). The normalized spacial score (nSPS) is 26.6. The van der Waals surface area contributed by atoms with E-state index in [4.69, 9.17) is 18.2 Å². The summed E-state index contributed by atoms with van der Waals surface area (Å²) in [5, 5.41) is 2.61. The number of nitrogens with zero attached hydrogens (tertiary/aromatic N) is 4. The topological polar surface area (TPSA) is 167 Å². The van der Waals surface area contributed by atoms with Crippen LogP contribution in [0.2, 0.25) is 18.1 Å². The van der Waals surface area contributed by atoms with E-state index in [1.807, 2.05) is 13.0 Å². The summed E-state index contributed by atoms with van der Waals surface area (Å²) >= 11 is 0. The van der Waals surface area contributed by atoms with Gasteiger partial charge in [0.15, 0.2) is 35.8 Å². The Labute approximate surface area is 311 Å². The number of carbonyl (C=O) groups is 1. The van der Waals surface area contributed by atoms with Crippen molar-refractivity contribution in [2.24, 2.45) is 0 Å². The molecule has 4 aromatic rings. The molecular weight excluding hydrogens is 736 g/mol. The SMILES string of the molecule is CC[C@H]1O[C@@H](n2c(=O)[nH]c3c(NC(=O)c4ccccc4)ncnc32)[C@@H](O[Si](C)(C)C(C)(C)C)C1O[P@@]1O[C@H](CS(=O)(=O)c2ccccc2)[C@@H]2CCCN21. The highest BCUT2D eigenvalue weighted by Crippen LogP contribution is 2.58. The lowest BCUT2D eigenvalue weighted by atomic mass is 10.1. The van der Waals surface area contributed by atoms with E-state index in [9.17, 15) is 18.0 Å². The Bertz CT molecular complexity index is 2110. The fourth-order valence-corrected chi connectivity index (χ4v) is 11.8. The van der Waals surface area contributed by atoms with Crippen LogP contribution in [-0.4, -0.2) is 89.6 Å². The predicted molar refractivity (Wildman–Crippen MR) is 204 cm³/mol. The molecule has 2 aromatic heterocycles. The highest BCUT2D eigenvalue weighted by molar-refractivity contribution is 7.91. The van der Waals surface area contributed by atoms with Crippen LogP contribution in [-0.2, 0) is 28.0 Å². The summed E-state index contributed by atoms with van der Waals surface area (Å²) < 4.78 is 57.9. The van der Waals surface area contributed by atoms with Crippen LogP contribution in [0.15, 0.2) is 76.7 Å². The number of anilines is 1. The maximum Gasteiger partial charge on any atom is 0.330 e. The Balaban J connectivity index is 1.22. The number of hydrogen-bond donors (Lipinski definition) is 2. The molecule has 1 amide bonds. The van der Waals surface area contributed by atoms with E-state index in [-0.39, 0.29) is 44.6 Å². The van der Waals surface area contributed by atoms with Crippen molar-refractivity contribution in [2.75, 3.05) is 17.6 Å². The zero-order valence-electron chi connectivity index (χ0n) is 30.8. The van der Waals surface area contributed by atoms with Crippen molar-refractivity contribution in [1.82, 2.24) is 24.2 Å². The van der Waals surface area contributed by atoms with E-state index in [1.54, 1.807) is 54.6 Å². The van der Waals surface area contributed by atoms with Gasteiger partial charge in [0.25, 0.3) is 14.4 Å². The Hall–Kier alpha value is -3.34. The number of amides is 1. The Morgan fingerprint density at radius 2 is 1.75 bits per heavy atom. The molecule has 0 radical (unpaired) electrons. The third-order valence-electron chi connectivity index (χ3n) is 10.8. The first kappa shape index (κ1) is 38.0. The van der Waals surface area contributed by atoms with Crippen molar-refractivity contribution < 1.29 is 31.4 Å². The summed E-state index contributed by atoms with van der Waals surface area (Å²) in [5.74, 6) is -0.388. The van der Waals surface area contributed by atoms with E-state index in [1.165, 1.54) is 10.9 Å². The average molecular weight is 783 g/mol. The van der Waals surface area contributed by atoms with Gasteiger partial charge in [0.05, 0.1) is 22.9 Å². The van der Waals surface area contributed by atoms with Crippen LogP contribution in [0.3, 0.4) is 0 Å². The number of ether oxygens (including phenoxy) is 1. The summed E-state index contributed by atoms with van der Waals surface area (Å²) in [6.45, 7) is 13.4. The van der Waals surface area contributed by atoms with Crippen LogP contribution >= 0.6 is 8.53 Å². The van der Waals surface area contributed by atoms with Crippen LogP contribution in [0, 0.1) is 0 Å². The van der Waals surface area contributed by atoms with E-state index in [2.05, 4.69) is 58.8 Å². The number of hydrogen-bond acceptors (Lipinski definition) is 11. The third kappa shape index (κ3) is 7.40. The summed E-state index contributed by atoms with van der Waals surface area (Å²) in [4.78, 5) is 38.9. The van der Waals surface area contributed by atoms with Gasteiger partial charge in [-0.2, -0.15) is 0 Å². The minimum absolute atomic E-state index is 0.102. The lowest BCUT2D eigenvalue weighted by molar-refractivity contribution is -0.0341. The lowest BCUT2D eigenvalue weighted by Gasteiger charge is -2.41. The maximum absolute atomic E-state index is 13.9. The Kier molecular flexibility index (Phi) is 10.5. The second-order valence-corrected chi connectivity index (χ2v) is 23.5. The molecule has 17 heteroatoms. The quantitative estimate of drug-likeness (QED) is 0.135. The van der Waals surface area contributed by atoms with Gasteiger partial charge in [-0.15, -0.1) is 0 Å². The first-order valence-electron chi connectivity index (χ1n) is 18.0. The van der Waals surface area contributed by atoms with E-state index in [0.717, 1.165) is 19.4 Å². The summed E-state index contributed by atoms with van der Waals surface area (Å²) in [6, 6.07) is 17.1. The first-order valence-corrected chi connectivity index (χ1v) is 23.7. The Morgan fingerprint density at radius 3 is 2.43 bits per heavy atom. The molecule has 3 saturated heterocycles. The lowest BCUT2D eigenvalue weighted by Crippen LogP contribution is -2.49. The number of aromatic nitrogens is 4. The number of H-pyrrole nitrogens is 1. The zero-order valence-corrected chi connectivity index (χ0v) is 33.5. The number of sulfone groups is 1. The number of benzene rings is 2. The van der Waals surface area contributed by atoms with Gasteiger partial charge in [0, 0.05) is 18.2 Å². The smallest absolute Gasteiger partial charge is 0.330 e. The minimum atomic E-state index is -3.61. The molecule has 7 atom stereocenters. The van der Waals surface area contributed by atoms with Gasteiger partial charge in [-0.05, 0) is 61.7 Å². The largest absolute Gasteiger partial charge is 0.407 e. The number of nitrogens with one attached hydrogen (secondary N) is 2. The number of imidazole rings is 1. The molecule has 0 aliphatic carbocycles. The molecule has 3 aliphatic heterocycles. The van der Waals surface area contributed by atoms with E-state index >= 15 is 0 Å². The van der Waals surface area contributed by atoms with Crippen molar-refractivity contribution >= 4 is 49.6 Å². The summed E-state index contributed by atoms with van der Waals surface area (Å²) in [5.41, 5.74) is 0.421. The molecule has 0 saturated carbocycles. The van der Waals surface area contributed by atoms with Crippen molar-refractivity contribution in [3.05, 3.63) is 83.0 Å². The standard InChI is InChI=1S/C36H47N6O8PSSi/c1-7-26-29(49-51-41-20-14-19-25(41)27(48-51)21-52(45,46)24-17-12-9-13-18-24)30(50-53(5,6)36(2,3)4)34(47-26)42-32-28(39-35(42)44)31(37-22-38-32)40-33(43)23-15-10-8-11-16-23/h8-13,15-18,22,25-27,29-30,34H,7,14,19-21H2,1-6H3,(H,39,44)(H,37,38,40,43)/t25-,26+,27+,29?,30-,34+,51+/m0/s1. The van der Waals surface area contributed by atoms with Gasteiger partial charge in [0.1, 0.15) is 24.1 Å². The highest BCUT2D eigenvalue weighted by Gasteiger charge is 2.56.